The second-order valence-corrected chi connectivity index (χ2v) is 2.76. The van der Waals surface area contributed by atoms with E-state index in [9.17, 15) is 4.39 Å². The van der Waals surface area contributed by atoms with Crippen LogP contribution in [0.25, 0.3) is 10.9 Å². The van der Waals surface area contributed by atoms with Crippen molar-refractivity contribution in [2.24, 2.45) is 0 Å². The van der Waals surface area contributed by atoms with Gasteiger partial charge in [0, 0.05) is 17.6 Å². The van der Waals surface area contributed by atoms with Gasteiger partial charge in [0.1, 0.15) is 5.52 Å². The summed E-state index contributed by atoms with van der Waals surface area (Å²) in [6.45, 7) is 0. The Kier molecular flexibility index (Phi) is 1.55. The highest BCUT2D eigenvalue weighted by Crippen LogP contribution is 2.27. The van der Waals surface area contributed by atoms with Gasteiger partial charge in [-0.05, 0) is 12.1 Å². The summed E-state index contributed by atoms with van der Waals surface area (Å²) in [5.74, 6) is -0.442. The third-order valence-electron chi connectivity index (χ3n) is 1.92. The van der Waals surface area contributed by atoms with E-state index in [4.69, 9.17) is 11.5 Å². The van der Waals surface area contributed by atoms with Crippen LogP contribution in [0.5, 0.6) is 0 Å². The number of aromatic nitrogens is 1. The van der Waals surface area contributed by atoms with Crippen LogP contribution in [0, 0.1) is 5.82 Å². The first-order chi connectivity index (χ1) is 6.20. The number of pyridine rings is 1. The highest BCUT2D eigenvalue weighted by Gasteiger charge is 2.07. The molecule has 0 aliphatic rings. The van der Waals surface area contributed by atoms with Crippen LogP contribution in [-0.4, -0.2) is 4.98 Å². The van der Waals surface area contributed by atoms with Crippen molar-refractivity contribution in [1.29, 1.82) is 0 Å². The van der Waals surface area contributed by atoms with Crippen LogP contribution in [0.1, 0.15) is 0 Å². The molecule has 0 radical (unpaired) electrons. The van der Waals surface area contributed by atoms with Gasteiger partial charge in [-0.2, -0.15) is 0 Å². The van der Waals surface area contributed by atoms with Gasteiger partial charge in [0.25, 0.3) is 0 Å². The molecule has 0 aliphatic carbocycles. The van der Waals surface area contributed by atoms with Crippen LogP contribution in [0.15, 0.2) is 24.4 Å². The van der Waals surface area contributed by atoms with E-state index in [1.54, 1.807) is 12.1 Å². The van der Waals surface area contributed by atoms with E-state index in [1.165, 1.54) is 12.3 Å². The number of hydrogen-bond acceptors (Lipinski definition) is 3. The first-order valence-electron chi connectivity index (χ1n) is 3.78. The molecule has 2 rings (SSSR count). The number of anilines is 2. The maximum Gasteiger partial charge on any atom is 0.151 e. The zero-order valence-electron chi connectivity index (χ0n) is 6.79. The molecule has 0 saturated carbocycles. The van der Waals surface area contributed by atoms with Crippen LogP contribution < -0.4 is 11.5 Å². The summed E-state index contributed by atoms with van der Waals surface area (Å²) in [5.41, 5.74) is 12.0. The largest absolute Gasteiger partial charge is 0.397 e. The summed E-state index contributed by atoms with van der Waals surface area (Å²) in [7, 11) is 0. The van der Waals surface area contributed by atoms with E-state index in [2.05, 4.69) is 4.98 Å². The monoisotopic (exact) mass is 177 g/mol. The van der Waals surface area contributed by atoms with Gasteiger partial charge < -0.3 is 11.5 Å². The number of nitrogen functional groups attached to an aromatic ring is 2. The minimum atomic E-state index is -0.442. The van der Waals surface area contributed by atoms with Crippen molar-refractivity contribution in [1.82, 2.24) is 4.98 Å². The fourth-order valence-electron chi connectivity index (χ4n) is 1.25. The summed E-state index contributed by atoms with van der Waals surface area (Å²) in [5, 5.41) is 0.556. The first-order valence-corrected chi connectivity index (χ1v) is 3.78. The second-order valence-electron chi connectivity index (χ2n) is 2.76. The number of hydrogen-bond donors (Lipinski definition) is 2. The van der Waals surface area contributed by atoms with E-state index >= 15 is 0 Å². The highest BCUT2D eigenvalue weighted by molar-refractivity contribution is 5.96. The predicted octanol–water partition coefficient (Wildman–Crippen LogP) is 1.54. The second kappa shape index (κ2) is 2.58. The quantitative estimate of drug-likeness (QED) is 0.600. The van der Waals surface area contributed by atoms with Crippen molar-refractivity contribution in [3.8, 4) is 0 Å². The lowest BCUT2D eigenvalue weighted by molar-refractivity contribution is 0.637. The SMILES string of the molecule is Nc1cc(F)c2ncccc2c1N. The molecule has 0 aliphatic heterocycles. The van der Waals surface area contributed by atoms with Gasteiger partial charge in [0.2, 0.25) is 0 Å². The molecule has 13 heavy (non-hydrogen) atoms. The fraction of sp³-hybridized carbons (Fsp3) is 0. The maximum atomic E-state index is 13.2. The minimum absolute atomic E-state index is 0.248. The van der Waals surface area contributed by atoms with Crippen LogP contribution in [0.4, 0.5) is 15.8 Å². The molecule has 0 unspecified atom stereocenters. The molecule has 0 amide bonds. The van der Waals surface area contributed by atoms with E-state index in [0.29, 0.717) is 11.1 Å². The van der Waals surface area contributed by atoms with Gasteiger partial charge in [-0.3, -0.25) is 4.98 Å². The van der Waals surface area contributed by atoms with Crippen molar-refractivity contribution in [2.75, 3.05) is 11.5 Å². The van der Waals surface area contributed by atoms with Gasteiger partial charge in [0.05, 0.1) is 11.4 Å². The number of nitrogens with zero attached hydrogens (tertiary/aromatic N) is 1. The highest BCUT2D eigenvalue weighted by atomic mass is 19.1. The van der Waals surface area contributed by atoms with Crippen molar-refractivity contribution in [3.63, 3.8) is 0 Å². The average Bonchev–Trinajstić information content (AvgIpc) is 2.15. The number of fused-ring (bicyclic) bond motifs is 1. The van der Waals surface area contributed by atoms with E-state index in [1.807, 2.05) is 0 Å². The maximum absolute atomic E-state index is 13.2. The lowest BCUT2D eigenvalue weighted by Gasteiger charge is -2.04. The molecule has 1 aromatic carbocycles. The molecule has 0 fully saturated rings. The Hall–Kier alpha value is -1.84. The Morgan fingerprint density at radius 2 is 2.08 bits per heavy atom. The lowest BCUT2D eigenvalue weighted by atomic mass is 10.1. The Morgan fingerprint density at radius 3 is 2.85 bits per heavy atom. The zero-order valence-corrected chi connectivity index (χ0v) is 6.79. The van der Waals surface area contributed by atoms with Gasteiger partial charge in [-0.25, -0.2) is 4.39 Å². The third-order valence-corrected chi connectivity index (χ3v) is 1.92. The average molecular weight is 177 g/mol. The van der Waals surface area contributed by atoms with Gasteiger partial charge in [-0.1, -0.05) is 0 Å². The van der Waals surface area contributed by atoms with Crippen molar-refractivity contribution in [2.45, 2.75) is 0 Å². The van der Waals surface area contributed by atoms with Crippen LogP contribution in [0.2, 0.25) is 0 Å². The fourth-order valence-corrected chi connectivity index (χ4v) is 1.25. The van der Waals surface area contributed by atoms with E-state index in [0.717, 1.165) is 0 Å². The van der Waals surface area contributed by atoms with Gasteiger partial charge >= 0.3 is 0 Å². The topological polar surface area (TPSA) is 64.9 Å². The number of benzene rings is 1. The zero-order chi connectivity index (χ0) is 9.42. The molecule has 1 aromatic heterocycles. The summed E-state index contributed by atoms with van der Waals surface area (Å²) >= 11 is 0. The standard InChI is InChI=1S/C9H8FN3/c10-6-4-7(11)8(12)5-2-1-3-13-9(5)6/h1-4H,11-12H2. The smallest absolute Gasteiger partial charge is 0.151 e. The molecule has 0 bridgehead atoms. The number of halogens is 1. The predicted molar refractivity (Wildman–Crippen MR) is 50.5 cm³/mol. The summed E-state index contributed by atoms with van der Waals surface area (Å²) < 4.78 is 13.2. The number of rotatable bonds is 0. The Labute approximate surface area is 74.2 Å². The molecular formula is C9H8FN3. The van der Waals surface area contributed by atoms with Crippen molar-refractivity contribution >= 4 is 22.3 Å². The molecule has 1 heterocycles. The van der Waals surface area contributed by atoms with Crippen LogP contribution >= 0.6 is 0 Å². The van der Waals surface area contributed by atoms with Crippen LogP contribution in [0.3, 0.4) is 0 Å². The molecule has 0 spiro atoms. The molecule has 4 N–H and O–H groups in total. The van der Waals surface area contributed by atoms with E-state index in [-0.39, 0.29) is 11.2 Å². The van der Waals surface area contributed by atoms with Crippen molar-refractivity contribution in [3.05, 3.63) is 30.2 Å². The Morgan fingerprint density at radius 1 is 1.31 bits per heavy atom. The molecule has 0 atom stereocenters. The van der Waals surface area contributed by atoms with Crippen LogP contribution in [-0.2, 0) is 0 Å². The first kappa shape index (κ1) is 7.79. The molecule has 3 nitrogen and oxygen atoms in total. The van der Waals surface area contributed by atoms with E-state index < -0.39 is 5.82 Å². The van der Waals surface area contributed by atoms with Gasteiger partial charge in [-0.15, -0.1) is 0 Å². The molecule has 2 aromatic rings. The lowest BCUT2D eigenvalue weighted by Crippen LogP contribution is -1.98. The Balaban J connectivity index is 2.97. The third kappa shape index (κ3) is 1.07. The summed E-state index contributed by atoms with van der Waals surface area (Å²) in [4.78, 5) is 3.87. The molecular weight excluding hydrogens is 169 g/mol. The summed E-state index contributed by atoms with van der Waals surface area (Å²) in [6, 6.07) is 4.57. The molecule has 66 valence electrons. The van der Waals surface area contributed by atoms with Gasteiger partial charge in [0.15, 0.2) is 5.82 Å². The number of nitrogens with two attached hydrogens (primary N) is 2. The summed E-state index contributed by atoms with van der Waals surface area (Å²) in [6.07, 6.45) is 1.51. The normalized spacial score (nSPS) is 10.5. The van der Waals surface area contributed by atoms with Crippen molar-refractivity contribution < 1.29 is 4.39 Å². The Bertz CT molecular complexity index is 468. The minimum Gasteiger partial charge on any atom is -0.397 e. The molecule has 4 heteroatoms. The molecule has 0 saturated heterocycles.